The quantitative estimate of drug-likeness (QED) is 0.535. The Balaban J connectivity index is 2.31. The first kappa shape index (κ1) is 14.4. The lowest BCUT2D eigenvalue weighted by molar-refractivity contribution is 0.119. The van der Waals surface area contributed by atoms with Crippen LogP contribution in [0.4, 0.5) is 23.2 Å². The molecule has 0 aliphatic carbocycles. The van der Waals surface area contributed by atoms with Crippen molar-refractivity contribution in [2.24, 2.45) is 5.10 Å². The van der Waals surface area contributed by atoms with E-state index in [0.29, 0.717) is 0 Å². The maximum Gasteiger partial charge on any atom is 0.255 e. The summed E-state index contributed by atoms with van der Waals surface area (Å²) in [5.74, 6) is -0.879. The molecule has 2 rings (SSSR count). The molecule has 0 bridgehead atoms. The van der Waals surface area contributed by atoms with Crippen LogP contribution in [0.2, 0.25) is 0 Å². The van der Waals surface area contributed by atoms with Gasteiger partial charge in [-0.05, 0) is 0 Å². The average Bonchev–Trinajstić information content (AvgIpc) is 3.01. The lowest BCUT2D eigenvalue weighted by Crippen LogP contribution is -2.43. The first-order chi connectivity index (χ1) is 9.56. The van der Waals surface area contributed by atoms with Gasteiger partial charge in [0.2, 0.25) is 6.43 Å². The SMILES string of the molecule is CNc1cn(C(CC(F)F)C2=NNNN2CF)nc1F. The zero-order chi connectivity index (χ0) is 14.7. The Bertz CT molecular complexity index is 489. The molecule has 7 nitrogen and oxygen atoms in total. The highest BCUT2D eigenvalue weighted by Gasteiger charge is 2.31. The molecular weight excluding hydrogens is 282 g/mol. The third-order valence-electron chi connectivity index (χ3n) is 2.73. The Labute approximate surface area is 111 Å². The van der Waals surface area contributed by atoms with E-state index in [1.165, 1.54) is 13.2 Å². The van der Waals surface area contributed by atoms with Crippen molar-refractivity contribution < 1.29 is 17.6 Å². The smallest absolute Gasteiger partial charge is 0.255 e. The number of nitrogens with one attached hydrogen (secondary N) is 3. The van der Waals surface area contributed by atoms with Gasteiger partial charge in [-0.15, -0.1) is 15.7 Å². The first-order valence-electron chi connectivity index (χ1n) is 5.69. The summed E-state index contributed by atoms with van der Waals surface area (Å²) in [5, 5.41) is 10.6. The minimum atomic E-state index is -2.69. The predicted octanol–water partition coefficient (Wildman–Crippen LogP) is 0.825. The van der Waals surface area contributed by atoms with Crippen molar-refractivity contribution in [3.05, 3.63) is 12.1 Å². The summed E-state index contributed by atoms with van der Waals surface area (Å²) in [6.45, 7) is -0.992. The number of alkyl halides is 3. The molecule has 1 aliphatic rings. The normalized spacial score (nSPS) is 16.3. The van der Waals surface area contributed by atoms with Crippen LogP contribution in [0.1, 0.15) is 12.5 Å². The number of hydrazone groups is 1. The van der Waals surface area contributed by atoms with Gasteiger partial charge in [0.15, 0.2) is 12.6 Å². The molecule has 1 aromatic rings. The highest BCUT2D eigenvalue weighted by atomic mass is 19.3. The highest BCUT2D eigenvalue weighted by molar-refractivity contribution is 5.86. The number of anilines is 1. The fourth-order valence-corrected chi connectivity index (χ4v) is 1.80. The van der Waals surface area contributed by atoms with Gasteiger partial charge in [0.05, 0.1) is 6.20 Å². The van der Waals surface area contributed by atoms with Crippen LogP contribution in [0.25, 0.3) is 0 Å². The summed E-state index contributed by atoms with van der Waals surface area (Å²) in [7, 11) is 1.47. The number of halogens is 4. The Morgan fingerprint density at radius 3 is 2.75 bits per heavy atom. The van der Waals surface area contributed by atoms with E-state index >= 15 is 0 Å². The number of hydrazine groups is 2. The second kappa shape index (κ2) is 5.94. The molecule has 11 heteroatoms. The van der Waals surface area contributed by atoms with E-state index in [0.717, 1.165) is 9.69 Å². The van der Waals surface area contributed by atoms with Crippen LogP contribution in [-0.2, 0) is 0 Å². The van der Waals surface area contributed by atoms with Gasteiger partial charge in [0.1, 0.15) is 11.7 Å². The standard InChI is InChI=1S/C9H13F4N7/c1-14-5-3-19(16-8(5)13)6(2-7(11)12)9-15-17-18-20(9)4-10/h3,6-7,14,17-18H,2,4H2,1H3. The van der Waals surface area contributed by atoms with E-state index in [4.69, 9.17) is 0 Å². The topological polar surface area (TPSA) is 69.5 Å². The molecule has 0 spiro atoms. The van der Waals surface area contributed by atoms with Gasteiger partial charge < -0.3 is 5.32 Å². The van der Waals surface area contributed by atoms with Crippen LogP contribution in [0.15, 0.2) is 11.3 Å². The fraction of sp³-hybridized carbons (Fsp3) is 0.556. The van der Waals surface area contributed by atoms with Crippen LogP contribution in [0.3, 0.4) is 0 Å². The van der Waals surface area contributed by atoms with Gasteiger partial charge in [-0.1, -0.05) is 0 Å². The van der Waals surface area contributed by atoms with Crippen molar-refractivity contribution in [3.63, 3.8) is 0 Å². The van der Waals surface area contributed by atoms with E-state index in [1.54, 1.807) is 0 Å². The van der Waals surface area contributed by atoms with Crippen LogP contribution < -0.4 is 16.4 Å². The molecular formula is C9H13F4N7. The van der Waals surface area contributed by atoms with E-state index in [-0.39, 0.29) is 11.5 Å². The maximum atomic E-state index is 13.4. The molecule has 20 heavy (non-hydrogen) atoms. The third kappa shape index (κ3) is 2.76. The Hall–Kier alpha value is -2.04. The van der Waals surface area contributed by atoms with Gasteiger partial charge in [-0.2, -0.15) is 4.39 Å². The molecule has 1 unspecified atom stereocenters. The number of nitrogens with zero attached hydrogens (tertiary/aromatic N) is 4. The molecule has 2 heterocycles. The van der Waals surface area contributed by atoms with E-state index in [9.17, 15) is 17.6 Å². The molecule has 1 atom stereocenters. The Kier molecular flexibility index (Phi) is 4.27. The summed E-state index contributed by atoms with van der Waals surface area (Å²) in [5.41, 5.74) is 4.64. The van der Waals surface area contributed by atoms with E-state index in [2.05, 4.69) is 26.6 Å². The Morgan fingerprint density at radius 1 is 1.45 bits per heavy atom. The minimum Gasteiger partial charge on any atom is -0.383 e. The molecule has 0 radical (unpaired) electrons. The number of hydrogen-bond donors (Lipinski definition) is 3. The van der Waals surface area contributed by atoms with Crippen molar-refractivity contribution in [2.75, 3.05) is 19.2 Å². The lowest BCUT2D eigenvalue weighted by Gasteiger charge is -2.22. The monoisotopic (exact) mass is 295 g/mol. The summed E-state index contributed by atoms with van der Waals surface area (Å²) < 4.78 is 52.5. The van der Waals surface area contributed by atoms with E-state index < -0.39 is 31.6 Å². The van der Waals surface area contributed by atoms with Crippen LogP contribution in [-0.4, -0.2) is 40.9 Å². The molecule has 0 saturated carbocycles. The number of rotatable bonds is 6. The zero-order valence-electron chi connectivity index (χ0n) is 10.4. The van der Waals surface area contributed by atoms with Crippen LogP contribution in [0.5, 0.6) is 0 Å². The largest absolute Gasteiger partial charge is 0.383 e. The zero-order valence-corrected chi connectivity index (χ0v) is 10.4. The van der Waals surface area contributed by atoms with Gasteiger partial charge >= 0.3 is 0 Å². The number of hydrogen-bond acceptors (Lipinski definition) is 6. The van der Waals surface area contributed by atoms with Crippen LogP contribution in [0, 0.1) is 5.95 Å². The summed E-state index contributed by atoms with van der Waals surface area (Å²) in [4.78, 5) is 0. The summed E-state index contributed by atoms with van der Waals surface area (Å²) in [6.07, 6.45) is -2.14. The minimum absolute atomic E-state index is 0.0436. The van der Waals surface area contributed by atoms with Crippen LogP contribution >= 0.6 is 0 Å². The second-order valence-electron chi connectivity index (χ2n) is 3.95. The molecule has 112 valence electrons. The lowest BCUT2D eigenvalue weighted by atomic mass is 10.2. The molecule has 1 aliphatic heterocycles. The van der Waals surface area contributed by atoms with Crippen molar-refractivity contribution in [3.8, 4) is 0 Å². The highest BCUT2D eigenvalue weighted by Crippen LogP contribution is 2.23. The van der Waals surface area contributed by atoms with Crippen molar-refractivity contribution in [1.29, 1.82) is 0 Å². The van der Waals surface area contributed by atoms with Crippen molar-refractivity contribution in [1.82, 2.24) is 25.9 Å². The fourth-order valence-electron chi connectivity index (χ4n) is 1.80. The van der Waals surface area contributed by atoms with E-state index in [1.807, 2.05) is 0 Å². The summed E-state index contributed by atoms with van der Waals surface area (Å²) in [6, 6.07) is -1.11. The Morgan fingerprint density at radius 2 is 2.20 bits per heavy atom. The molecule has 3 N–H and O–H groups in total. The average molecular weight is 295 g/mol. The van der Waals surface area contributed by atoms with Crippen molar-refractivity contribution in [2.45, 2.75) is 18.9 Å². The summed E-state index contributed by atoms with van der Waals surface area (Å²) >= 11 is 0. The molecule has 0 aromatic carbocycles. The first-order valence-corrected chi connectivity index (χ1v) is 5.69. The molecule has 1 aromatic heterocycles. The third-order valence-corrected chi connectivity index (χ3v) is 2.73. The van der Waals surface area contributed by atoms with Gasteiger partial charge in [-0.3, -0.25) is 4.68 Å². The predicted molar refractivity (Wildman–Crippen MR) is 62.9 cm³/mol. The maximum absolute atomic E-state index is 13.4. The van der Waals surface area contributed by atoms with Gasteiger partial charge in [0, 0.05) is 13.5 Å². The molecule has 0 saturated heterocycles. The van der Waals surface area contributed by atoms with Crippen molar-refractivity contribution >= 4 is 11.5 Å². The molecule has 0 amide bonds. The molecule has 0 fully saturated rings. The number of aromatic nitrogens is 2. The number of amidine groups is 1. The van der Waals surface area contributed by atoms with Gasteiger partial charge in [0.25, 0.3) is 5.95 Å². The second-order valence-corrected chi connectivity index (χ2v) is 3.95. The van der Waals surface area contributed by atoms with Gasteiger partial charge in [-0.25, -0.2) is 23.7 Å².